The number of aromatic amines is 1. The number of nitrogens with zero attached hydrogens (tertiary/aromatic N) is 2. The van der Waals surface area contributed by atoms with E-state index in [0.29, 0.717) is 35.2 Å². The molecule has 0 unspecified atom stereocenters. The fourth-order valence-electron chi connectivity index (χ4n) is 5.47. The first-order valence-electron chi connectivity index (χ1n) is 12.4. The second-order valence-electron chi connectivity index (χ2n) is 9.51. The van der Waals surface area contributed by atoms with Crippen LogP contribution in [-0.4, -0.2) is 59.3 Å². The summed E-state index contributed by atoms with van der Waals surface area (Å²) >= 11 is 0. The summed E-state index contributed by atoms with van der Waals surface area (Å²) in [5.41, 5.74) is 1.12. The molecular formula is C25H34N4O4. The quantitative estimate of drug-likeness (QED) is 0.697. The number of rotatable bonds is 6. The molecule has 5 rings (SSSR count). The van der Waals surface area contributed by atoms with Gasteiger partial charge in [-0.3, -0.25) is 9.69 Å². The maximum absolute atomic E-state index is 13.4. The molecule has 3 aliphatic rings. The summed E-state index contributed by atoms with van der Waals surface area (Å²) in [6.45, 7) is 5.32. The van der Waals surface area contributed by atoms with Gasteiger partial charge in [-0.2, -0.15) is 0 Å². The van der Waals surface area contributed by atoms with Gasteiger partial charge in [-0.05, 0) is 50.9 Å². The Labute approximate surface area is 194 Å². The first-order valence-corrected chi connectivity index (χ1v) is 12.4. The van der Waals surface area contributed by atoms with Gasteiger partial charge in [0, 0.05) is 35.6 Å². The molecule has 1 saturated carbocycles. The van der Waals surface area contributed by atoms with Crippen LogP contribution >= 0.6 is 0 Å². The standard InChI is InChI=1S/C25H34N4O4/c1-2-28-10-6-9-20(28)15-29(25(31)26-19-7-4-3-5-8-19)14-18-11-17-12-22-23(33-16-32-22)13-21(17)27-24(18)30/h11-13,19-20H,2-10,14-16H2,1H3,(H,26,31)(H,27,30)/t20-/m0/s1. The van der Waals surface area contributed by atoms with Crippen molar-refractivity contribution in [2.45, 2.75) is 70.5 Å². The van der Waals surface area contributed by atoms with Crippen LogP contribution in [0.3, 0.4) is 0 Å². The highest BCUT2D eigenvalue weighted by Crippen LogP contribution is 2.35. The van der Waals surface area contributed by atoms with Gasteiger partial charge in [-0.25, -0.2) is 4.79 Å². The van der Waals surface area contributed by atoms with Crippen LogP contribution in [0.25, 0.3) is 10.9 Å². The van der Waals surface area contributed by atoms with Crippen LogP contribution < -0.4 is 20.3 Å². The second kappa shape index (κ2) is 9.63. The summed E-state index contributed by atoms with van der Waals surface area (Å²) < 4.78 is 10.9. The van der Waals surface area contributed by atoms with Crippen LogP contribution in [0.5, 0.6) is 11.5 Å². The molecule has 0 radical (unpaired) electrons. The van der Waals surface area contributed by atoms with E-state index in [2.05, 4.69) is 22.1 Å². The molecule has 2 aliphatic heterocycles. The number of aromatic nitrogens is 1. The summed E-state index contributed by atoms with van der Waals surface area (Å²) in [5.74, 6) is 1.32. The van der Waals surface area contributed by atoms with Crippen LogP contribution in [0, 0.1) is 0 Å². The number of pyridine rings is 1. The minimum absolute atomic E-state index is 0.0602. The van der Waals surface area contributed by atoms with Crippen LogP contribution in [-0.2, 0) is 6.54 Å². The van der Waals surface area contributed by atoms with E-state index in [1.807, 2.05) is 17.0 Å². The molecule has 8 nitrogen and oxygen atoms in total. The molecule has 3 heterocycles. The zero-order valence-electron chi connectivity index (χ0n) is 19.4. The Morgan fingerprint density at radius 3 is 2.70 bits per heavy atom. The number of nitrogens with one attached hydrogen (secondary N) is 2. The van der Waals surface area contributed by atoms with E-state index in [1.54, 1.807) is 6.07 Å². The molecule has 33 heavy (non-hydrogen) atoms. The lowest BCUT2D eigenvalue weighted by molar-refractivity contribution is 0.159. The predicted octanol–water partition coefficient (Wildman–Crippen LogP) is 3.59. The molecule has 8 heteroatoms. The zero-order chi connectivity index (χ0) is 22.8. The molecule has 0 spiro atoms. The fraction of sp³-hybridized carbons (Fsp3) is 0.600. The van der Waals surface area contributed by atoms with E-state index in [9.17, 15) is 9.59 Å². The monoisotopic (exact) mass is 454 g/mol. The van der Waals surface area contributed by atoms with Gasteiger partial charge in [0.15, 0.2) is 11.5 Å². The third-order valence-electron chi connectivity index (χ3n) is 7.33. The minimum atomic E-state index is -0.171. The first kappa shape index (κ1) is 22.1. The third kappa shape index (κ3) is 4.81. The van der Waals surface area contributed by atoms with Crippen LogP contribution in [0.4, 0.5) is 4.79 Å². The number of hydrogen-bond acceptors (Lipinski definition) is 5. The number of likely N-dealkylation sites (tertiary alicyclic amines) is 1. The second-order valence-corrected chi connectivity index (χ2v) is 9.51. The van der Waals surface area contributed by atoms with Gasteiger partial charge in [-0.15, -0.1) is 0 Å². The minimum Gasteiger partial charge on any atom is -0.454 e. The Morgan fingerprint density at radius 1 is 1.12 bits per heavy atom. The number of hydrogen-bond donors (Lipinski definition) is 2. The Balaban J connectivity index is 1.39. The molecule has 1 aliphatic carbocycles. The number of fused-ring (bicyclic) bond motifs is 2. The summed E-state index contributed by atoms with van der Waals surface area (Å²) in [4.78, 5) is 33.6. The molecule has 1 aromatic heterocycles. The number of H-pyrrole nitrogens is 1. The zero-order valence-corrected chi connectivity index (χ0v) is 19.4. The van der Waals surface area contributed by atoms with E-state index < -0.39 is 0 Å². The van der Waals surface area contributed by atoms with Crippen molar-refractivity contribution in [1.29, 1.82) is 0 Å². The van der Waals surface area contributed by atoms with Crippen molar-refractivity contribution in [3.05, 3.63) is 34.1 Å². The number of carbonyl (C=O) groups is 1. The molecule has 2 aromatic rings. The molecule has 1 saturated heterocycles. The summed E-state index contributed by atoms with van der Waals surface area (Å²) in [5, 5.41) is 4.13. The van der Waals surface area contributed by atoms with Gasteiger partial charge in [0.25, 0.3) is 5.56 Å². The Morgan fingerprint density at radius 2 is 1.91 bits per heavy atom. The third-order valence-corrected chi connectivity index (χ3v) is 7.33. The topological polar surface area (TPSA) is 86.9 Å². The Hall–Kier alpha value is -2.74. The molecule has 2 N–H and O–H groups in total. The van der Waals surface area contributed by atoms with Crippen molar-refractivity contribution in [2.24, 2.45) is 0 Å². The number of carbonyl (C=O) groups excluding carboxylic acids is 1. The number of amides is 2. The van der Waals surface area contributed by atoms with Gasteiger partial charge in [-0.1, -0.05) is 26.2 Å². The first-order chi connectivity index (χ1) is 16.1. The SMILES string of the molecule is CCN1CCC[C@H]1CN(Cc1cc2cc3c(cc2[nH]c1=O)OCO3)C(=O)NC1CCCCC1. The molecule has 178 valence electrons. The van der Waals surface area contributed by atoms with E-state index in [-0.39, 0.29) is 31.0 Å². The number of likely N-dealkylation sites (N-methyl/N-ethyl adjacent to an activating group) is 1. The van der Waals surface area contributed by atoms with E-state index in [4.69, 9.17) is 9.47 Å². The highest BCUT2D eigenvalue weighted by atomic mass is 16.7. The highest BCUT2D eigenvalue weighted by Gasteiger charge is 2.29. The van der Waals surface area contributed by atoms with Crippen molar-refractivity contribution in [2.75, 3.05) is 26.4 Å². The largest absolute Gasteiger partial charge is 0.454 e. The predicted molar refractivity (Wildman–Crippen MR) is 127 cm³/mol. The van der Waals surface area contributed by atoms with Gasteiger partial charge in [0.1, 0.15) is 0 Å². The van der Waals surface area contributed by atoms with Crippen LogP contribution in [0.1, 0.15) is 57.4 Å². The van der Waals surface area contributed by atoms with E-state index in [0.717, 1.165) is 57.0 Å². The normalized spacial score (nSPS) is 20.9. The summed E-state index contributed by atoms with van der Waals surface area (Å²) in [6, 6.07) is 6.07. The lowest BCUT2D eigenvalue weighted by Gasteiger charge is -2.32. The smallest absolute Gasteiger partial charge is 0.317 e. The number of benzene rings is 1. The molecular weight excluding hydrogens is 420 g/mol. The molecule has 2 fully saturated rings. The molecule has 1 aromatic carbocycles. The maximum Gasteiger partial charge on any atom is 0.317 e. The number of urea groups is 1. The lowest BCUT2D eigenvalue weighted by Crippen LogP contribution is -2.50. The lowest BCUT2D eigenvalue weighted by atomic mass is 9.96. The molecule has 2 amide bonds. The van der Waals surface area contributed by atoms with Crippen molar-refractivity contribution >= 4 is 16.9 Å². The number of ether oxygens (including phenoxy) is 2. The average molecular weight is 455 g/mol. The van der Waals surface area contributed by atoms with Crippen molar-refractivity contribution in [3.8, 4) is 11.5 Å². The van der Waals surface area contributed by atoms with E-state index in [1.165, 1.54) is 6.42 Å². The van der Waals surface area contributed by atoms with E-state index >= 15 is 0 Å². The summed E-state index contributed by atoms with van der Waals surface area (Å²) in [7, 11) is 0. The van der Waals surface area contributed by atoms with Crippen LogP contribution in [0.2, 0.25) is 0 Å². The van der Waals surface area contributed by atoms with Crippen molar-refractivity contribution in [1.82, 2.24) is 20.1 Å². The van der Waals surface area contributed by atoms with Crippen LogP contribution in [0.15, 0.2) is 23.0 Å². The van der Waals surface area contributed by atoms with Crippen molar-refractivity contribution in [3.63, 3.8) is 0 Å². The van der Waals surface area contributed by atoms with Crippen molar-refractivity contribution < 1.29 is 14.3 Å². The average Bonchev–Trinajstić information content (AvgIpc) is 3.46. The Bertz CT molecular complexity index is 1060. The molecule has 1 atom stereocenters. The summed E-state index contributed by atoms with van der Waals surface area (Å²) in [6.07, 6.45) is 7.88. The highest BCUT2D eigenvalue weighted by molar-refractivity contribution is 5.83. The van der Waals surface area contributed by atoms with Gasteiger partial charge in [0.05, 0.1) is 12.1 Å². The van der Waals surface area contributed by atoms with Gasteiger partial charge < -0.3 is 24.7 Å². The molecule has 0 bridgehead atoms. The van der Waals surface area contributed by atoms with Gasteiger partial charge >= 0.3 is 6.03 Å². The fourth-order valence-corrected chi connectivity index (χ4v) is 5.47. The van der Waals surface area contributed by atoms with Gasteiger partial charge in [0.2, 0.25) is 6.79 Å². The maximum atomic E-state index is 13.4. The Kier molecular flexibility index (Phi) is 6.44.